The highest BCUT2D eigenvalue weighted by Gasteiger charge is 2.33. The Morgan fingerprint density at radius 2 is 2.09 bits per heavy atom. The van der Waals surface area contributed by atoms with Crippen LogP contribution in [0.2, 0.25) is 0 Å². The number of aromatic nitrogens is 4. The third-order valence-electron chi connectivity index (χ3n) is 5.99. The number of rotatable bonds is 6. The normalized spacial score (nSPS) is 17.6. The van der Waals surface area contributed by atoms with Crippen LogP contribution in [-0.2, 0) is 12.0 Å². The zero-order valence-corrected chi connectivity index (χ0v) is 20.0. The second-order valence-electron chi connectivity index (χ2n) is 8.91. The van der Waals surface area contributed by atoms with Crippen LogP contribution in [0.3, 0.4) is 0 Å². The van der Waals surface area contributed by atoms with Crippen LogP contribution in [0, 0.1) is 6.92 Å². The fourth-order valence-electron chi connectivity index (χ4n) is 4.29. The fourth-order valence-corrected chi connectivity index (χ4v) is 5.23. The zero-order valence-electron chi connectivity index (χ0n) is 19.1. The van der Waals surface area contributed by atoms with Crippen molar-refractivity contribution in [1.82, 2.24) is 25.1 Å². The van der Waals surface area contributed by atoms with Gasteiger partial charge in [-0.2, -0.15) is 0 Å². The first-order chi connectivity index (χ1) is 16.4. The van der Waals surface area contributed by atoms with Crippen molar-refractivity contribution < 1.29 is 9.21 Å². The summed E-state index contributed by atoms with van der Waals surface area (Å²) in [6.07, 6.45) is 4.02. The fraction of sp³-hybridized carbons (Fsp3) is 0.320. The molecule has 174 valence electrons. The summed E-state index contributed by atoms with van der Waals surface area (Å²) >= 11 is 1.61. The predicted octanol–water partition coefficient (Wildman–Crippen LogP) is 4.29. The molecule has 9 heteroatoms. The molecular formula is C25H26N6O2S. The molecule has 1 fully saturated rings. The number of carbonyl (C=O) groups excluding carboxylic acids is 1. The van der Waals surface area contributed by atoms with Gasteiger partial charge in [-0.05, 0) is 50.8 Å². The Kier molecular flexibility index (Phi) is 5.97. The minimum absolute atomic E-state index is 0.00811. The number of likely N-dealkylation sites (tertiary alicyclic amines) is 1. The largest absolute Gasteiger partial charge is 0.417 e. The van der Waals surface area contributed by atoms with Crippen LogP contribution < -0.4 is 5.73 Å². The summed E-state index contributed by atoms with van der Waals surface area (Å²) in [6, 6.07) is 13.4. The smallest absolute Gasteiger partial charge is 0.266 e. The summed E-state index contributed by atoms with van der Waals surface area (Å²) < 4.78 is 5.92. The van der Waals surface area contributed by atoms with Gasteiger partial charge >= 0.3 is 0 Å². The van der Waals surface area contributed by atoms with E-state index >= 15 is 0 Å². The number of hydrogen-bond donors (Lipinski definition) is 1. The summed E-state index contributed by atoms with van der Waals surface area (Å²) in [4.78, 5) is 24.2. The van der Waals surface area contributed by atoms with Gasteiger partial charge < -0.3 is 15.1 Å². The third kappa shape index (κ3) is 4.49. The molecule has 2 N–H and O–H groups in total. The van der Waals surface area contributed by atoms with Gasteiger partial charge in [-0.25, -0.2) is 4.98 Å². The van der Waals surface area contributed by atoms with Crippen molar-refractivity contribution in [1.29, 1.82) is 0 Å². The summed E-state index contributed by atoms with van der Waals surface area (Å²) in [6.45, 7) is 4.54. The van der Waals surface area contributed by atoms with Crippen LogP contribution >= 0.6 is 11.3 Å². The van der Waals surface area contributed by atoms with E-state index in [0.29, 0.717) is 30.1 Å². The van der Waals surface area contributed by atoms with Gasteiger partial charge in [0.1, 0.15) is 10.7 Å². The lowest BCUT2D eigenvalue weighted by Gasteiger charge is -2.23. The van der Waals surface area contributed by atoms with Crippen molar-refractivity contribution in [3.63, 3.8) is 0 Å². The van der Waals surface area contributed by atoms with E-state index in [1.54, 1.807) is 29.7 Å². The number of nitrogens with zero attached hydrogens (tertiary/aromatic N) is 5. The third-order valence-corrected chi connectivity index (χ3v) is 7.05. The lowest BCUT2D eigenvalue weighted by atomic mass is 9.94. The maximum absolute atomic E-state index is 13.4. The first kappa shape index (κ1) is 22.4. The molecule has 1 saturated heterocycles. The maximum atomic E-state index is 13.4. The van der Waals surface area contributed by atoms with Crippen LogP contribution in [-0.4, -0.2) is 37.5 Å². The second kappa shape index (κ2) is 9.08. The molecule has 8 nitrogen and oxygen atoms in total. The SMILES string of the molecule is Cc1csc([C@H]2CCCN2C(=O)c2ccnc(-c3nnc([C@@](C)(N)Cc4ccccc4)o3)c2)n1. The Labute approximate surface area is 201 Å². The van der Waals surface area contributed by atoms with Gasteiger partial charge in [-0.1, -0.05) is 30.3 Å². The first-order valence-electron chi connectivity index (χ1n) is 11.3. The standard InChI is InChI=1S/C25H26N6O2S/c1-16-15-34-22(28-16)20-9-6-12-31(20)23(32)18-10-11-27-19(13-18)21-29-30-24(33-21)25(2,26)14-17-7-4-3-5-8-17/h3-5,7-8,10-11,13,15,20H,6,9,12,14,26H2,1-2H3/t20-,25+/m1/s1. The number of nitrogens with two attached hydrogens (primary N) is 1. The van der Waals surface area contributed by atoms with Crippen molar-refractivity contribution in [3.8, 4) is 11.6 Å². The van der Waals surface area contributed by atoms with E-state index in [1.807, 2.05) is 54.5 Å². The lowest BCUT2D eigenvalue weighted by molar-refractivity contribution is 0.0735. The number of amides is 1. The van der Waals surface area contributed by atoms with Crippen LogP contribution in [0.25, 0.3) is 11.6 Å². The highest BCUT2D eigenvalue weighted by molar-refractivity contribution is 7.09. The molecule has 4 heterocycles. The quantitative estimate of drug-likeness (QED) is 0.444. The van der Waals surface area contributed by atoms with Gasteiger partial charge in [-0.3, -0.25) is 9.78 Å². The molecule has 0 unspecified atom stereocenters. The zero-order chi connectivity index (χ0) is 23.7. The molecule has 3 aromatic heterocycles. The first-order valence-corrected chi connectivity index (χ1v) is 12.1. The van der Waals surface area contributed by atoms with Crippen molar-refractivity contribution in [2.75, 3.05) is 6.54 Å². The molecule has 0 saturated carbocycles. The monoisotopic (exact) mass is 474 g/mol. The van der Waals surface area contributed by atoms with E-state index in [9.17, 15) is 4.79 Å². The van der Waals surface area contributed by atoms with Gasteiger partial charge in [0, 0.05) is 29.4 Å². The number of hydrogen-bond acceptors (Lipinski definition) is 8. The van der Waals surface area contributed by atoms with Gasteiger partial charge in [0.15, 0.2) is 0 Å². The van der Waals surface area contributed by atoms with E-state index in [2.05, 4.69) is 20.2 Å². The maximum Gasteiger partial charge on any atom is 0.266 e. The van der Waals surface area contributed by atoms with E-state index in [1.165, 1.54) is 0 Å². The number of thiazole rings is 1. The molecule has 1 aliphatic heterocycles. The number of carbonyl (C=O) groups is 1. The Morgan fingerprint density at radius 3 is 2.85 bits per heavy atom. The summed E-state index contributed by atoms with van der Waals surface area (Å²) in [5, 5.41) is 11.4. The summed E-state index contributed by atoms with van der Waals surface area (Å²) in [5.74, 6) is 0.512. The molecule has 5 rings (SSSR count). The Morgan fingerprint density at radius 1 is 1.26 bits per heavy atom. The van der Waals surface area contributed by atoms with Crippen LogP contribution in [0.15, 0.2) is 58.5 Å². The molecule has 0 spiro atoms. The van der Waals surface area contributed by atoms with Crippen molar-refractivity contribution >= 4 is 17.2 Å². The number of benzene rings is 1. The van der Waals surface area contributed by atoms with E-state index in [-0.39, 0.29) is 17.8 Å². The van der Waals surface area contributed by atoms with Gasteiger partial charge in [0.05, 0.1) is 11.6 Å². The second-order valence-corrected chi connectivity index (χ2v) is 9.80. The number of pyridine rings is 1. The highest BCUT2D eigenvalue weighted by atomic mass is 32.1. The van der Waals surface area contributed by atoms with E-state index in [0.717, 1.165) is 29.1 Å². The van der Waals surface area contributed by atoms with Crippen LogP contribution in [0.1, 0.15) is 58.3 Å². The average molecular weight is 475 g/mol. The van der Waals surface area contributed by atoms with E-state index < -0.39 is 5.54 Å². The van der Waals surface area contributed by atoms with Crippen molar-refractivity contribution in [2.45, 2.75) is 44.7 Å². The van der Waals surface area contributed by atoms with Gasteiger partial charge in [0.25, 0.3) is 11.8 Å². The molecule has 0 radical (unpaired) electrons. The Bertz CT molecular complexity index is 1300. The molecule has 2 atom stereocenters. The molecule has 0 bridgehead atoms. The predicted molar refractivity (Wildman–Crippen MR) is 129 cm³/mol. The van der Waals surface area contributed by atoms with Gasteiger partial charge in [0.2, 0.25) is 5.89 Å². The Hall–Kier alpha value is -3.43. The molecule has 1 aromatic carbocycles. The lowest BCUT2D eigenvalue weighted by Crippen LogP contribution is -2.35. The molecule has 1 amide bonds. The Balaban J connectivity index is 1.36. The summed E-state index contributed by atoms with van der Waals surface area (Å²) in [5.41, 5.74) is 8.71. The van der Waals surface area contributed by atoms with Gasteiger partial charge in [-0.15, -0.1) is 21.5 Å². The van der Waals surface area contributed by atoms with Crippen molar-refractivity contribution in [2.24, 2.45) is 5.73 Å². The minimum Gasteiger partial charge on any atom is -0.417 e. The molecule has 4 aromatic rings. The molecule has 1 aliphatic rings. The van der Waals surface area contributed by atoms with Crippen LogP contribution in [0.4, 0.5) is 0 Å². The highest BCUT2D eigenvalue weighted by Crippen LogP contribution is 2.35. The topological polar surface area (TPSA) is 111 Å². The van der Waals surface area contributed by atoms with Crippen molar-refractivity contribution in [3.05, 3.63) is 81.8 Å². The average Bonchev–Trinajstić information content (AvgIpc) is 3.59. The minimum atomic E-state index is -0.839. The van der Waals surface area contributed by atoms with Crippen LogP contribution in [0.5, 0.6) is 0 Å². The number of aryl methyl sites for hydroxylation is 1. The molecule has 0 aliphatic carbocycles. The molecular weight excluding hydrogens is 448 g/mol. The van der Waals surface area contributed by atoms with E-state index in [4.69, 9.17) is 10.2 Å². The molecule has 34 heavy (non-hydrogen) atoms. The summed E-state index contributed by atoms with van der Waals surface area (Å²) in [7, 11) is 0.